The third-order valence-electron chi connectivity index (χ3n) is 4.01. The fraction of sp³-hybridized carbons (Fsp3) is 0.625. The van der Waals surface area contributed by atoms with E-state index < -0.39 is 0 Å². The monoisotopic (exact) mass is 296 g/mol. The molecule has 1 aliphatic rings. The highest BCUT2D eigenvalue weighted by Crippen LogP contribution is 2.13. The molecular formula is C16H25FN2S. The van der Waals surface area contributed by atoms with Crippen molar-refractivity contribution in [2.75, 3.05) is 39.0 Å². The molecule has 0 saturated carbocycles. The highest BCUT2D eigenvalue weighted by Gasteiger charge is 2.17. The Hall–Kier alpha value is -0.580. The quantitative estimate of drug-likeness (QED) is 0.796. The van der Waals surface area contributed by atoms with E-state index in [2.05, 4.69) is 23.0 Å². The first-order chi connectivity index (χ1) is 9.67. The normalized spacial score (nSPS) is 19.1. The van der Waals surface area contributed by atoms with Gasteiger partial charge < -0.3 is 4.90 Å². The number of thioether (sulfide) groups is 1. The molecular weight excluding hydrogens is 271 g/mol. The highest BCUT2D eigenvalue weighted by atomic mass is 32.2. The van der Waals surface area contributed by atoms with Crippen LogP contribution in [0.25, 0.3) is 0 Å². The summed E-state index contributed by atoms with van der Waals surface area (Å²) in [5.41, 5.74) is 1.08. The van der Waals surface area contributed by atoms with Crippen molar-refractivity contribution in [3.05, 3.63) is 35.6 Å². The average Bonchev–Trinajstić information content (AvgIpc) is 2.46. The Kier molecular flexibility index (Phi) is 6.33. The topological polar surface area (TPSA) is 6.48 Å². The molecule has 1 unspecified atom stereocenters. The average molecular weight is 296 g/mol. The van der Waals surface area contributed by atoms with Crippen LogP contribution in [0.2, 0.25) is 0 Å². The summed E-state index contributed by atoms with van der Waals surface area (Å²) < 4.78 is 13.2. The number of benzene rings is 1. The van der Waals surface area contributed by atoms with Gasteiger partial charge in [0, 0.05) is 38.0 Å². The Morgan fingerprint density at radius 1 is 1.20 bits per heavy atom. The van der Waals surface area contributed by atoms with Crippen molar-refractivity contribution in [2.45, 2.75) is 25.1 Å². The molecule has 1 atom stereocenters. The lowest BCUT2D eigenvalue weighted by molar-refractivity contribution is 0.126. The summed E-state index contributed by atoms with van der Waals surface area (Å²) in [6, 6.07) is 6.96. The van der Waals surface area contributed by atoms with Crippen LogP contribution in [0.1, 0.15) is 18.9 Å². The molecule has 2 nitrogen and oxygen atoms in total. The third kappa shape index (κ3) is 5.08. The van der Waals surface area contributed by atoms with E-state index in [-0.39, 0.29) is 5.82 Å². The first-order valence-electron chi connectivity index (χ1n) is 7.39. The van der Waals surface area contributed by atoms with E-state index in [1.165, 1.54) is 19.0 Å². The summed E-state index contributed by atoms with van der Waals surface area (Å²) in [5.74, 6) is -0.132. The van der Waals surface area contributed by atoms with Crippen LogP contribution in [0.3, 0.4) is 0 Å². The predicted octanol–water partition coefficient (Wildman–Crippen LogP) is 3.08. The molecule has 0 spiro atoms. The Morgan fingerprint density at radius 2 is 1.90 bits per heavy atom. The lowest BCUT2D eigenvalue weighted by Crippen LogP contribution is -2.46. The molecule has 1 aromatic carbocycles. The third-order valence-corrected chi connectivity index (χ3v) is 5.05. The Balaban J connectivity index is 1.71. The number of rotatable bonds is 6. The molecule has 0 radical (unpaired) electrons. The molecule has 1 saturated heterocycles. The summed E-state index contributed by atoms with van der Waals surface area (Å²) >= 11 is 1.94. The van der Waals surface area contributed by atoms with E-state index in [1.807, 2.05) is 17.8 Å². The van der Waals surface area contributed by atoms with E-state index in [1.54, 1.807) is 12.1 Å². The summed E-state index contributed by atoms with van der Waals surface area (Å²) in [5, 5.41) is 0.750. The number of halogens is 1. The number of hydrogen-bond acceptors (Lipinski definition) is 3. The molecule has 0 aliphatic carbocycles. The molecule has 2 rings (SSSR count). The minimum Gasteiger partial charge on any atom is -0.301 e. The molecule has 0 bridgehead atoms. The first kappa shape index (κ1) is 15.8. The standard InChI is InChI=1S/C16H25FN2S/c1-14(20-2)6-7-18-8-10-19(11-9-18)13-15-4-3-5-16(17)12-15/h3-5,12,14H,6-11,13H2,1-2H3. The summed E-state index contributed by atoms with van der Waals surface area (Å²) in [4.78, 5) is 4.97. The van der Waals surface area contributed by atoms with Crippen LogP contribution in [0.15, 0.2) is 24.3 Å². The van der Waals surface area contributed by atoms with Crippen LogP contribution in [-0.2, 0) is 6.54 Å². The van der Waals surface area contributed by atoms with Crippen LogP contribution in [-0.4, -0.2) is 54.0 Å². The zero-order valence-corrected chi connectivity index (χ0v) is 13.3. The second kappa shape index (κ2) is 8.01. The second-order valence-corrected chi connectivity index (χ2v) is 6.86. The molecule has 0 amide bonds. The zero-order valence-electron chi connectivity index (χ0n) is 12.5. The van der Waals surface area contributed by atoms with Gasteiger partial charge in [0.1, 0.15) is 5.82 Å². The lowest BCUT2D eigenvalue weighted by Gasteiger charge is -2.35. The van der Waals surface area contributed by atoms with Crippen molar-refractivity contribution in [3.8, 4) is 0 Å². The van der Waals surface area contributed by atoms with E-state index in [4.69, 9.17) is 0 Å². The molecule has 112 valence electrons. The van der Waals surface area contributed by atoms with Gasteiger partial charge in [-0.25, -0.2) is 4.39 Å². The minimum absolute atomic E-state index is 0.132. The zero-order chi connectivity index (χ0) is 14.4. The van der Waals surface area contributed by atoms with Gasteiger partial charge in [-0.1, -0.05) is 19.1 Å². The van der Waals surface area contributed by atoms with Gasteiger partial charge in [-0.3, -0.25) is 4.90 Å². The molecule has 1 fully saturated rings. The largest absolute Gasteiger partial charge is 0.301 e. The van der Waals surface area contributed by atoms with Gasteiger partial charge in [-0.2, -0.15) is 11.8 Å². The van der Waals surface area contributed by atoms with Crippen LogP contribution >= 0.6 is 11.8 Å². The Bertz CT molecular complexity index is 405. The Labute approximate surface area is 126 Å². The van der Waals surface area contributed by atoms with Gasteiger partial charge in [0.05, 0.1) is 0 Å². The van der Waals surface area contributed by atoms with E-state index in [9.17, 15) is 4.39 Å². The molecule has 20 heavy (non-hydrogen) atoms. The van der Waals surface area contributed by atoms with Crippen molar-refractivity contribution in [1.29, 1.82) is 0 Å². The van der Waals surface area contributed by atoms with Gasteiger partial charge in [0.15, 0.2) is 0 Å². The SMILES string of the molecule is CSC(C)CCN1CCN(Cc2cccc(F)c2)CC1. The van der Waals surface area contributed by atoms with Gasteiger partial charge in [0.2, 0.25) is 0 Å². The van der Waals surface area contributed by atoms with Crippen molar-refractivity contribution < 1.29 is 4.39 Å². The number of piperazine rings is 1. The lowest BCUT2D eigenvalue weighted by atomic mass is 10.2. The molecule has 1 aliphatic heterocycles. The van der Waals surface area contributed by atoms with Gasteiger partial charge in [-0.05, 0) is 36.9 Å². The fourth-order valence-electron chi connectivity index (χ4n) is 2.55. The number of hydrogen-bond donors (Lipinski definition) is 0. The minimum atomic E-state index is -0.132. The van der Waals surface area contributed by atoms with Crippen molar-refractivity contribution >= 4 is 11.8 Å². The summed E-state index contributed by atoms with van der Waals surface area (Å²) in [6.45, 7) is 8.81. The maximum atomic E-state index is 13.2. The fourth-order valence-corrected chi connectivity index (χ4v) is 2.89. The van der Waals surface area contributed by atoms with E-state index >= 15 is 0 Å². The predicted molar refractivity (Wildman–Crippen MR) is 85.7 cm³/mol. The van der Waals surface area contributed by atoms with Gasteiger partial charge in [-0.15, -0.1) is 0 Å². The van der Waals surface area contributed by atoms with Crippen molar-refractivity contribution in [2.24, 2.45) is 0 Å². The first-order valence-corrected chi connectivity index (χ1v) is 8.68. The van der Waals surface area contributed by atoms with E-state index in [0.29, 0.717) is 0 Å². The second-order valence-electron chi connectivity index (χ2n) is 5.58. The van der Waals surface area contributed by atoms with Crippen molar-refractivity contribution in [3.63, 3.8) is 0 Å². The van der Waals surface area contributed by atoms with Crippen LogP contribution in [0.4, 0.5) is 4.39 Å². The smallest absolute Gasteiger partial charge is 0.123 e. The Morgan fingerprint density at radius 3 is 2.55 bits per heavy atom. The van der Waals surface area contributed by atoms with E-state index in [0.717, 1.165) is 43.5 Å². The molecule has 1 heterocycles. The summed E-state index contributed by atoms with van der Waals surface area (Å²) in [6.07, 6.45) is 3.45. The maximum Gasteiger partial charge on any atom is 0.123 e. The summed E-state index contributed by atoms with van der Waals surface area (Å²) in [7, 11) is 0. The van der Waals surface area contributed by atoms with Gasteiger partial charge >= 0.3 is 0 Å². The molecule has 4 heteroatoms. The number of nitrogens with zero attached hydrogens (tertiary/aromatic N) is 2. The molecule has 0 aromatic heterocycles. The molecule has 0 N–H and O–H groups in total. The van der Waals surface area contributed by atoms with Gasteiger partial charge in [0.25, 0.3) is 0 Å². The van der Waals surface area contributed by atoms with Crippen molar-refractivity contribution in [1.82, 2.24) is 9.80 Å². The van der Waals surface area contributed by atoms with Crippen LogP contribution < -0.4 is 0 Å². The molecule has 1 aromatic rings. The maximum absolute atomic E-state index is 13.2. The van der Waals surface area contributed by atoms with Crippen LogP contribution in [0, 0.1) is 5.82 Å². The van der Waals surface area contributed by atoms with Crippen LogP contribution in [0.5, 0.6) is 0 Å². The highest BCUT2D eigenvalue weighted by molar-refractivity contribution is 7.99.